The van der Waals surface area contributed by atoms with Crippen LogP contribution in [0, 0.1) is 12.8 Å². The fourth-order valence-electron chi connectivity index (χ4n) is 3.54. The van der Waals surface area contributed by atoms with E-state index in [1.807, 2.05) is 69.3 Å². The summed E-state index contributed by atoms with van der Waals surface area (Å²) < 4.78 is 11.9. The molecule has 0 radical (unpaired) electrons. The molecule has 0 spiro atoms. The van der Waals surface area contributed by atoms with Crippen molar-refractivity contribution in [1.82, 2.24) is 0 Å². The Labute approximate surface area is 207 Å². The highest BCUT2D eigenvalue weighted by Gasteiger charge is 2.12. The summed E-state index contributed by atoms with van der Waals surface area (Å²) in [5.74, 6) is 1.60. The van der Waals surface area contributed by atoms with E-state index in [2.05, 4.69) is 29.7 Å². The lowest BCUT2D eigenvalue weighted by atomic mass is 10.1. The molecule has 0 aromatic heterocycles. The van der Waals surface area contributed by atoms with Crippen LogP contribution in [0.15, 0.2) is 60.7 Å². The van der Waals surface area contributed by atoms with E-state index in [1.165, 1.54) is 5.56 Å². The lowest BCUT2D eigenvalue weighted by molar-refractivity contribution is -0.116. The van der Waals surface area contributed by atoms with Gasteiger partial charge >= 0.3 is 0 Å². The Morgan fingerprint density at radius 1 is 0.971 bits per heavy atom. The van der Waals surface area contributed by atoms with Gasteiger partial charge in [0.05, 0.1) is 6.61 Å². The van der Waals surface area contributed by atoms with Crippen LogP contribution in [0.5, 0.6) is 11.5 Å². The van der Waals surface area contributed by atoms with Crippen LogP contribution in [0.2, 0.25) is 5.02 Å². The van der Waals surface area contributed by atoms with Crippen LogP contribution in [0.1, 0.15) is 43.9 Å². The molecule has 0 saturated heterocycles. The van der Waals surface area contributed by atoms with E-state index in [9.17, 15) is 4.79 Å². The van der Waals surface area contributed by atoms with Crippen LogP contribution in [0.3, 0.4) is 0 Å². The molecule has 3 aromatic rings. The maximum Gasteiger partial charge on any atom is 0.224 e. The molecule has 0 unspecified atom stereocenters. The number of benzene rings is 3. The van der Waals surface area contributed by atoms with Crippen molar-refractivity contribution in [1.29, 1.82) is 0 Å². The number of halogens is 1. The number of aryl methyl sites for hydroxylation is 1. The van der Waals surface area contributed by atoms with Crippen molar-refractivity contribution in [3.63, 3.8) is 0 Å². The van der Waals surface area contributed by atoms with Crippen LogP contribution in [0.25, 0.3) is 0 Å². The summed E-state index contributed by atoms with van der Waals surface area (Å²) in [5.41, 5.74) is 4.81. The fourth-order valence-corrected chi connectivity index (χ4v) is 3.76. The number of anilines is 2. The van der Waals surface area contributed by atoms with Gasteiger partial charge in [0.1, 0.15) is 6.61 Å². The molecular formula is C28H33ClN2O3. The van der Waals surface area contributed by atoms with Gasteiger partial charge in [0.2, 0.25) is 5.91 Å². The Morgan fingerprint density at radius 3 is 2.44 bits per heavy atom. The highest BCUT2D eigenvalue weighted by atomic mass is 35.5. The molecule has 0 aliphatic rings. The molecule has 5 nitrogen and oxygen atoms in total. The second-order valence-electron chi connectivity index (χ2n) is 8.68. The summed E-state index contributed by atoms with van der Waals surface area (Å²) in [5, 5.41) is 6.92. The predicted molar refractivity (Wildman–Crippen MR) is 140 cm³/mol. The number of hydrogen-bond donors (Lipinski definition) is 2. The Kier molecular flexibility index (Phi) is 9.23. The van der Waals surface area contributed by atoms with E-state index in [-0.39, 0.29) is 5.91 Å². The molecule has 34 heavy (non-hydrogen) atoms. The van der Waals surface area contributed by atoms with Crippen LogP contribution < -0.4 is 20.1 Å². The molecular weight excluding hydrogens is 448 g/mol. The number of carbonyl (C=O) groups excluding carboxylic acids is 1. The zero-order valence-corrected chi connectivity index (χ0v) is 21.0. The highest BCUT2D eigenvalue weighted by molar-refractivity contribution is 6.31. The third kappa shape index (κ3) is 7.70. The van der Waals surface area contributed by atoms with Crippen molar-refractivity contribution in [3.05, 3.63) is 82.4 Å². The largest absolute Gasteiger partial charge is 0.490 e. The van der Waals surface area contributed by atoms with Gasteiger partial charge in [-0.25, -0.2) is 0 Å². The van der Waals surface area contributed by atoms with Gasteiger partial charge in [0, 0.05) is 35.4 Å². The first-order chi connectivity index (χ1) is 16.3. The molecule has 180 valence electrons. The number of hydrogen-bond acceptors (Lipinski definition) is 4. The lowest BCUT2D eigenvalue weighted by Crippen LogP contribution is -2.14. The van der Waals surface area contributed by atoms with Gasteiger partial charge in [-0.05, 0) is 55.2 Å². The molecule has 6 heteroatoms. The summed E-state index contributed by atoms with van der Waals surface area (Å²) >= 11 is 6.59. The first-order valence-electron chi connectivity index (χ1n) is 11.6. The number of amides is 1. The monoisotopic (exact) mass is 480 g/mol. The van der Waals surface area contributed by atoms with E-state index in [0.717, 1.165) is 22.5 Å². The topological polar surface area (TPSA) is 59.6 Å². The molecule has 0 fully saturated rings. The van der Waals surface area contributed by atoms with Crippen LogP contribution in [-0.4, -0.2) is 12.5 Å². The molecule has 0 heterocycles. The summed E-state index contributed by atoms with van der Waals surface area (Å²) in [6, 6.07) is 19.6. The molecule has 3 rings (SSSR count). The fraction of sp³-hybridized carbons (Fsp3) is 0.321. The minimum absolute atomic E-state index is 0.0119. The molecule has 3 aromatic carbocycles. The highest BCUT2D eigenvalue weighted by Crippen LogP contribution is 2.35. The van der Waals surface area contributed by atoms with Gasteiger partial charge in [-0.15, -0.1) is 0 Å². The van der Waals surface area contributed by atoms with Gasteiger partial charge in [-0.1, -0.05) is 61.3 Å². The van der Waals surface area contributed by atoms with Crippen molar-refractivity contribution in [2.45, 2.75) is 47.3 Å². The van der Waals surface area contributed by atoms with Gasteiger partial charge in [-0.3, -0.25) is 4.79 Å². The Hall–Kier alpha value is -3.18. The van der Waals surface area contributed by atoms with E-state index < -0.39 is 0 Å². The predicted octanol–water partition coefficient (Wildman–Crippen LogP) is 7.22. The SMILES string of the molecule is CCOc1cc(CNc2cccc(NC(=O)CC(C)C)c2)c(Cl)cc1OCc1cccc(C)c1. The molecule has 0 bridgehead atoms. The minimum atomic E-state index is 0.0119. The van der Waals surface area contributed by atoms with Crippen molar-refractivity contribution >= 4 is 28.9 Å². The van der Waals surface area contributed by atoms with Crippen LogP contribution in [0.4, 0.5) is 11.4 Å². The Morgan fingerprint density at radius 2 is 1.71 bits per heavy atom. The summed E-state index contributed by atoms with van der Waals surface area (Å²) in [6.07, 6.45) is 0.492. The van der Waals surface area contributed by atoms with Crippen molar-refractivity contribution in [2.24, 2.45) is 5.92 Å². The van der Waals surface area contributed by atoms with Crippen molar-refractivity contribution in [2.75, 3.05) is 17.2 Å². The molecule has 0 saturated carbocycles. The zero-order valence-electron chi connectivity index (χ0n) is 20.3. The summed E-state index contributed by atoms with van der Waals surface area (Å²) in [6.45, 7) is 9.51. The standard InChI is InChI=1S/C28H33ClN2O3/c1-5-33-26-14-22(25(29)16-27(26)34-18-21-9-6-8-20(4)13-21)17-30-23-10-7-11-24(15-23)31-28(32)12-19(2)3/h6-11,13-16,19,30H,5,12,17-18H2,1-4H3,(H,31,32). The van der Waals surface area contributed by atoms with E-state index >= 15 is 0 Å². The van der Waals surface area contributed by atoms with Gasteiger partial charge < -0.3 is 20.1 Å². The van der Waals surface area contributed by atoms with E-state index in [1.54, 1.807) is 0 Å². The molecule has 0 atom stereocenters. The van der Waals surface area contributed by atoms with Gasteiger partial charge in [0.15, 0.2) is 11.5 Å². The molecule has 0 aliphatic carbocycles. The zero-order chi connectivity index (χ0) is 24.5. The average molecular weight is 481 g/mol. The lowest BCUT2D eigenvalue weighted by Gasteiger charge is -2.16. The minimum Gasteiger partial charge on any atom is -0.490 e. The number of ether oxygens (including phenoxy) is 2. The van der Waals surface area contributed by atoms with E-state index in [4.69, 9.17) is 21.1 Å². The number of rotatable bonds is 11. The molecule has 2 N–H and O–H groups in total. The number of nitrogens with one attached hydrogen (secondary N) is 2. The second-order valence-corrected chi connectivity index (χ2v) is 9.09. The summed E-state index contributed by atoms with van der Waals surface area (Å²) in [7, 11) is 0. The van der Waals surface area contributed by atoms with Crippen LogP contribution in [-0.2, 0) is 17.9 Å². The third-order valence-corrected chi connectivity index (χ3v) is 5.46. The maximum atomic E-state index is 12.1. The van der Waals surface area contributed by atoms with E-state index in [0.29, 0.717) is 48.6 Å². The quantitative estimate of drug-likeness (QED) is 0.304. The maximum absolute atomic E-state index is 12.1. The summed E-state index contributed by atoms with van der Waals surface area (Å²) in [4.78, 5) is 12.1. The Bertz CT molecular complexity index is 1110. The average Bonchev–Trinajstić information content (AvgIpc) is 2.78. The molecule has 1 amide bonds. The first-order valence-corrected chi connectivity index (χ1v) is 12.0. The first kappa shape index (κ1) is 25.4. The number of carbonyl (C=O) groups is 1. The van der Waals surface area contributed by atoms with Crippen LogP contribution >= 0.6 is 11.6 Å². The smallest absolute Gasteiger partial charge is 0.224 e. The van der Waals surface area contributed by atoms with Gasteiger partial charge in [0.25, 0.3) is 0 Å². The Balaban J connectivity index is 1.68. The van der Waals surface area contributed by atoms with Crippen molar-refractivity contribution < 1.29 is 14.3 Å². The normalized spacial score (nSPS) is 10.8. The third-order valence-electron chi connectivity index (χ3n) is 5.11. The second kappa shape index (κ2) is 12.3. The molecule has 0 aliphatic heterocycles. The van der Waals surface area contributed by atoms with Crippen molar-refractivity contribution in [3.8, 4) is 11.5 Å². The van der Waals surface area contributed by atoms with Gasteiger partial charge in [-0.2, -0.15) is 0 Å².